The predicted octanol–water partition coefficient (Wildman–Crippen LogP) is 19.5. The summed E-state index contributed by atoms with van der Waals surface area (Å²) in [5.74, 6) is -0.989. The SMILES string of the molecule is CC/C=C\C/C=C\C/C=C\C/C=C\C/C=C\C/C=C\CCC(=O)OC[C@H](COC(=O)CCCCCCCCCCCCCCCCCCC)OC(=O)CCCCCCC/C=C\CCCCCCCC. The first-order chi connectivity index (χ1) is 34.0. The number of unbranched alkanes of at least 4 members (excludes halogenated alkanes) is 27. The van der Waals surface area contributed by atoms with E-state index < -0.39 is 6.10 Å². The quantitative estimate of drug-likeness (QED) is 0.0262. The highest BCUT2D eigenvalue weighted by Crippen LogP contribution is 2.16. The van der Waals surface area contributed by atoms with Crippen LogP contribution in [0, 0.1) is 0 Å². The highest BCUT2D eigenvalue weighted by molar-refractivity contribution is 5.71. The molecule has 0 rings (SSSR count). The number of esters is 3. The van der Waals surface area contributed by atoms with Crippen molar-refractivity contribution >= 4 is 17.9 Å². The Morgan fingerprint density at radius 3 is 0.971 bits per heavy atom. The fourth-order valence-electron chi connectivity index (χ4n) is 8.05. The molecule has 6 heteroatoms. The zero-order chi connectivity index (χ0) is 50.0. The lowest BCUT2D eigenvalue weighted by atomic mass is 10.0. The maximum Gasteiger partial charge on any atom is 0.306 e. The van der Waals surface area contributed by atoms with Gasteiger partial charge in [0, 0.05) is 19.3 Å². The van der Waals surface area contributed by atoms with Gasteiger partial charge >= 0.3 is 17.9 Å². The summed E-state index contributed by atoms with van der Waals surface area (Å²) in [4.78, 5) is 38.1. The summed E-state index contributed by atoms with van der Waals surface area (Å²) in [6.45, 7) is 6.47. The highest BCUT2D eigenvalue weighted by atomic mass is 16.6. The first-order valence-corrected chi connectivity index (χ1v) is 29.1. The highest BCUT2D eigenvalue weighted by Gasteiger charge is 2.19. The Hall–Kier alpha value is -3.41. The van der Waals surface area contributed by atoms with E-state index >= 15 is 0 Å². The summed E-state index contributed by atoms with van der Waals surface area (Å²) in [6.07, 6.45) is 74.4. The number of rotatable bonds is 52. The fraction of sp³-hybridized carbons (Fsp3) is 0.730. The van der Waals surface area contributed by atoms with Gasteiger partial charge in [0.1, 0.15) is 13.2 Å². The lowest BCUT2D eigenvalue weighted by molar-refractivity contribution is -0.166. The molecule has 396 valence electrons. The Labute approximate surface area is 426 Å². The van der Waals surface area contributed by atoms with Crippen molar-refractivity contribution in [1.82, 2.24) is 0 Å². The number of carbonyl (C=O) groups excluding carboxylic acids is 3. The first-order valence-electron chi connectivity index (χ1n) is 29.1. The summed E-state index contributed by atoms with van der Waals surface area (Å²) in [6, 6.07) is 0. The Morgan fingerprint density at radius 2 is 0.594 bits per heavy atom. The molecule has 0 aromatic carbocycles. The number of hydrogen-bond acceptors (Lipinski definition) is 6. The van der Waals surface area contributed by atoms with Crippen molar-refractivity contribution in [2.24, 2.45) is 0 Å². The van der Waals surface area contributed by atoms with Crippen LogP contribution >= 0.6 is 0 Å². The summed E-state index contributed by atoms with van der Waals surface area (Å²) < 4.78 is 16.8. The van der Waals surface area contributed by atoms with Crippen molar-refractivity contribution in [3.05, 3.63) is 85.1 Å². The van der Waals surface area contributed by atoms with Crippen LogP contribution in [0.3, 0.4) is 0 Å². The minimum Gasteiger partial charge on any atom is -0.462 e. The summed E-state index contributed by atoms with van der Waals surface area (Å²) in [5, 5.41) is 0. The molecule has 0 N–H and O–H groups in total. The second kappa shape index (κ2) is 57.2. The van der Waals surface area contributed by atoms with Crippen LogP contribution in [0.1, 0.15) is 278 Å². The molecule has 0 heterocycles. The second-order valence-corrected chi connectivity index (χ2v) is 19.2. The lowest BCUT2D eigenvalue weighted by Crippen LogP contribution is -2.30. The standard InChI is InChI=1S/C63H108O6/c1-4-7-10-13-16-19-22-25-28-30-31-33-36-38-41-44-47-50-53-56-62(65)68-59-60(69-63(66)57-54-51-48-45-42-39-34-27-24-21-18-15-12-9-6-3)58-67-61(64)55-52-49-46-43-40-37-35-32-29-26-23-20-17-14-11-8-5-2/h7,10,16,19,25,27-28,31,33-34,38,41,47,50,60H,4-6,8-9,11-15,17-18,20-24,26,29-30,32,35-37,39-40,42-46,48-49,51-59H2,1-3H3/b10-7-,19-16-,28-25-,33-31-,34-27-,41-38-,50-47-/t60-/m0/s1. The summed E-state index contributed by atoms with van der Waals surface area (Å²) in [5.41, 5.74) is 0. The molecular formula is C63H108O6. The smallest absolute Gasteiger partial charge is 0.306 e. The molecule has 0 amide bonds. The van der Waals surface area contributed by atoms with Crippen molar-refractivity contribution in [3.63, 3.8) is 0 Å². The van der Waals surface area contributed by atoms with Gasteiger partial charge in [0.25, 0.3) is 0 Å². The van der Waals surface area contributed by atoms with E-state index in [1.165, 1.54) is 141 Å². The Balaban J connectivity index is 4.48. The van der Waals surface area contributed by atoms with E-state index in [2.05, 4.69) is 99.8 Å². The summed E-state index contributed by atoms with van der Waals surface area (Å²) in [7, 11) is 0. The zero-order valence-corrected chi connectivity index (χ0v) is 45.3. The molecule has 0 saturated heterocycles. The van der Waals surface area contributed by atoms with Gasteiger partial charge in [-0.15, -0.1) is 0 Å². The van der Waals surface area contributed by atoms with Crippen molar-refractivity contribution in [2.75, 3.05) is 13.2 Å². The topological polar surface area (TPSA) is 78.9 Å². The van der Waals surface area contributed by atoms with Gasteiger partial charge in [-0.05, 0) is 83.5 Å². The molecule has 0 bridgehead atoms. The van der Waals surface area contributed by atoms with Gasteiger partial charge < -0.3 is 14.2 Å². The van der Waals surface area contributed by atoms with E-state index in [-0.39, 0.29) is 37.5 Å². The third-order valence-electron chi connectivity index (χ3n) is 12.4. The molecule has 0 aliphatic heterocycles. The van der Waals surface area contributed by atoms with Gasteiger partial charge in [-0.25, -0.2) is 0 Å². The average Bonchev–Trinajstić information content (AvgIpc) is 3.35. The van der Waals surface area contributed by atoms with Crippen molar-refractivity contribution in [1.29, 1.82) is 0 Å². The number of hydrogen-bond donors (Lipinski definition) is 0. The van der Waals surface area contributed by atoms with E-state index in [4.69, 9.17) is 14.2 Å². The van der Waals surface area contributed by atoms with E-state index in [9.17, 15) is 14.4 Å². The van der Waals surface area contributed by atoms with Crippen molar-refractivity contribution in [3.8, 4) is 0 Å². The van der Waals surface area contributed by atoms with Crippen molar-refractivity contribution < 1.29 is 28.6 Å². The molecule has 1 atom stereocenters. The van der Waals surface area contributed by atoms with Crippen LogP contribution in [0.2, 0.25) is 0 Å². The monoisotopic (exact) mass is 961 g/mol. The molecule has 0 fully saturated rings. The number of allylic oxidation sites excluding steroid dienone is 14. The number of ether oxygens (including phenoxy) is 3. The fourth-order valence-corrected chi connectivity index (χ4v) is 8.05. The van der Waals surface area contributed by atoms with Gasteiger partial charge in [0.2, 0.25) is 0 Å². The average molecular weight is 962 g/mol. The number of carbonyl (C=O) groups is 3. The molecule has 0 radical (unpaired) electrons. The van der Waals surface area contributed by atoms with E-state index in [0.717, 1.165) is 89.9 Å². The molecular weight excluding hydrogens is 853 g/mol. The zero-order valence-electron chi connectivity index (χ0n) is 45.3. The van der Waals surface area contributed by atoms with E-state index in [0.29, 0.717) is 19.3 Å². The normalized spacial score (nSPS) is 12.7. The second-order valence-electron chi connectivity index (χ2n) is 19.2. The van der Waals surface area contributed by atoms with Crippen LogP contribution in [0.4, 0.5) is 0 Å². The maximum atomic E-state index is 12.8. The van der Waals surface area contributed by atoms with Gasteiger partial charge in [0.15, 0.2) is 6.10 Å². The van der Waals surface area contributed by atoms with Gasteiger partial charge in [-0.1, -0.05) is 260 Å². The Kier molecular flexibility index (Phi) is 54.3. The Morgan fingerprint density at radius 1 is 0.304 bits per heavy atom. The third-order valence-corrected chi connectivity index (χ3v) is 12.4. The van der Waals surface area contributed by atoms with Crippen LogP contribution in [0.25, 0.3) is 0 Å². The predicted molar refractivity (Wildman–Crippen MR) is 297 cm³/mol. The largest absolute Gasteiger partial charge is 0.462 e. The molecule has 0 spiro atoms. The summed E-state index contributed by atoms with van der Waals surface area (Å²) >= 11 is 0. The molecule has 0 unspecified atom stereocenters. The molecule has 0 saturated carbocycles. The molecule has 0 aliphatic rings. The van der Waals surface area contributed by atoms with E-state index in [1.54, 1.807) is 0 Å². The lowest BCUT2D eigenvalue weighted by Gasteiger charge is -2.18. The third kappa shape index (κ3) is 55.4. The van der Waals surface area contributed by atoms with Crippen LogP contribution in [0.5, 0.6) is 0 Å². The molecule has 0 aromatic heterocycles. The minimum atomic E-state index is -0.810. The van der Waals surface area contributed by atoms with Crippen LogP contribution in [0.15, 0.2) is 85.1 Å². The molecule has 0 aliphatic carbocycles. The van der Waals surface area contributed by atoms with Gasteiger partial charge in [-0.2, -0.15) is 0 Å². The van der Waals surface area contributed by atoms with Crippen LogP contribution in [-0.4, -0.2) is 37.2 Å². The first kappa shape index (κ1) is 65.6. The molecule has 69 heavy (non-hydrogen) atoms. The van der Waals surface area contributed by atoms with Gasteiger partial charge in [0.05, 0.1) is 0 Å². The minimum absolute atomic E-state index is 0.101. The van der Waals surface area contributed by atoms with Gasteiger partial charge in [-0.3, -0.25) is 14.4 Å². The van der Waals surface area contributed by atoms with E-state index in [1.807, 2.05) is 6.08 Å². The Bertz CT molecular complexity index is 1330. The molecule has 0 aromatic rings. The van der Waals surface area contributed by atoms with Crippen molar-refractivity contribution in [2.45, 2.75) is 284 Å². The van der Waals surface area contributed by atoms with Crippen LogP contribution < -0.4 is 0 Å². The van der Waals surface area contributed by atoms with Crippen LogP contribution in [-0.2, 0) is 28.6 Å². The maximum absolute atomic E-state index is 12.8. The molecule has 6 nitrogen and oxygen atoms in total.